The minimum absolute atomic E-state index is 1.00. The molecule has 0 aliphatic carbocycles. The van der Waals surface area contributed by atoms with Crippen molar-refractivity contribution < 1.29 is 0 Å². The van der Waals surface area contributed by atoms with Crippen LogP contribution in [0, 0.1) is 0 Å². The molecule has 124 valence electrons. The summed E-state index contributed by atoms with van der Waals surface area (Å²) in [5, 5.41) is 0. The zero-order valence-corrected chi connectivity index (χ0v) is 18.0. The minimum atomic E-state index is -2.19. The third kappa shape index (κ3) is 6.10. The maximum absolute atomic E-state index is 3.86. The standard InChI is InChI=1S/C9H9.3C4H9.Sn/c1-2-6-9-7-4-3-5-8-9;3*1-3-4-2;/h2,4-5,7-8H,1,6H2;3*1,3-4H2,2H3;. The number of unbranched alkanes of at least 4 members (excludes halogenated alkanes) is 3. The fourth-order valence-corrected chi connectivity index (χ4v) is 19.4. The molecule has 0 fully saturated rings. The molecule has 0 radical (unpaired) electrons. The van der Waals surface area contributed by atoms with Crippen LogP contribution in [0.2, 0.25) is 13.3 Å². The molecular weight excluding hydrogens is 371 g/mol. The first-order valence-corrected chi connectivity index (χ1v) is 16.9. The Morgan fingerprint density at radius 2 is 1.27 bits per heavy atom. The van der Waals surface area contributed by atoms with Crippen LogP contribution in [0.1, 0.15) is 64.9 Å². The molecule has 0 atom stereocenters. The van der Waals surface area contributed by atoms with Gasteiger partial charge in [-0.3, -0.25) is 0 Å². The quantitative estimate of drug-likeness (QED) is 0.275. The second-order valence-electron chi connectivity index (χ2n) is 6.78. The summed E-state index contributed by atoms with van der Waals surface area (Å²) in [5.41, 5.74) is 1.42. The third-order valence-electron chi connectivity index (χ3n) is 4.97. The molecule has 0 saturated carbocycles. The van der Waals surface area contributed by atoms with Crippen LogP contribution in [0.5, 0.6) is 0 Å². The molecule has 0 saturated heterocycles. The van der Waals surface area contributed by atoms with Gasteiger partial charge < -0.3 is 0 Å². The summed E-state index contributed by atoms with van der Waals surface area (Å²) in [4.78, 5) is 0. The van der Waals surface area contributed by atoms with E-state index in [1.54, 1.807) is 16.9 Å². The average Bonchev–Trinajstić information content (AvgIpc) is 2.56. The van der Waals surface area contributed by atoms with E-state index in [1.807, 2.05) is 6.08 Å². The molecule has 0 aliphatic rings. The summed E-state index contributed by atoms with van der Waals surface area (Å²) in [6, 6.07) is 9.73. The molecule has 0 unspecified atom stereocenters. The topological polar surface area (TPSA) is 0 Å². The molecule has 1 rings (SSSR count). The molecule has 0 N–H and O–H groups in total. The van der Waals surface area contributed by atoms with Crippen molar-refractivity contribution in [2.24, 2.45) is 0 Å². The summed E-state index contributed by atoms with van der Waals surface area (Å²) in [6.45, 7) is 10.9. The molecular formula is C21H36Sn. The third-order valence-corrected chi connectivity index (χ3v) is 20.6. The van der Waals surface area contributed by atoms with Gasteiger partial charge in [-0.2, -0.15) is 0 Å². The number of hydrogen-bond donors (Lipinski definition) is 0. The van der Waals surface area contributed by atoms with Crippen molar-refractivity contribution in [3.8, 4) is 0 Å². The second kappa shape index (κ2) is 11.3. The Morgan fingerprint density at radius 3 is 1.64 bits per heavy atom. The molecule has 0 bridgehead atoms. The van der Waals surface area contributed by atoms with Crippen molar-refractivity contribution in [2.45, 2.75) is 79.0 Å². The summed E-state index contributed by atoms with van der Waals surface area (Å²) >= 11 is -2.19. The van der Waals surface area contributed by atoms with Crippen molar-refractivity contribution in [3.63, 3.8) is 0 Å². The Hall–Kier alpha value is -0.241. The Labute approximate surface area is 143 Å². The van der Waals surface area contributed by atoms with Crippen LogP contribution in [0.3, 0.4) is 0 Å². The molecule has 0 nitrogen and oxygen atoms in total. The van der Waals surface area contributed by atoms with E-state index in [4.69, 9.17) is 0 Å². The van der Waals surface area contributed by atoms with Crippen molar-refractivity contribution in [1.82, 2.24) is 0 Å². The summed E-state index contributed by atoms with van der Waals surface area (Å²) in [5.74, 6) is 0. The van der Waals surface area contributed by atoms with E-state index in [1.165, 1.54) is 44.1 Å². The zero-order chi connectivity index (χ0) is 16.3. The monoisotopic (exact) mass is 408 g/mol. The molecule has 1 aromatic rings. The Kier molecular flexibility index (Phi) is 10.2. The van der Waals surface area contributed by atoms with E-state index >= 15 is 0 Å². The molecule has 1 aromatic carbocycles. The predicted molar refractivity (Wildman–Crippen MR) is 105 cm³/mol. The van der Waals surface area contributed by atoms with Crippen LogP contribution >= 0.6 is 0 Å². The van der Waals surface area contributed by atoms with Crippen molar-refractivity contribution in [1.29, 1.82) is 0 Å². The summed E-state index contributed by atoms with van der Waals surface area (Å²) in [7, 11) is 0. The van der Waals surface area contributed by atoms with Crippen LogP contribution < -0.4 is 3.58 Å². The van der Waals surface area contributed by atoms with Crippen LogP contribution in [-0.4, -0.2) is 18.4 Å². The maximum atomic E-state index is 3.86. The fourth-order valence-electron chi connectivity index (χ4n) is 3.51. The van der Waals surface area contributed by atoms with Gasteiger partial charge in [0.05, 0.1) is 0 Å². The second-order valence-corrected chi connectivity index (χ2v) is 20.0. The predicted octanol–water partition coefficient (Wildman–Crippen LogP) is 6.47. The van der Waals surface area contributed by atoms with Crippen LogP contribution in [0.25, 0.3) is 0 Å². The van der Waals surface area contributed by atoms with Gasteiger partial charge in [0.2, 0.25) is 0 Å². The molecule has 0 heterocycles. The van der Waals surface area contributed by atoms with Crippen LogP contribution in [0.15, 0.2) is 36.9 Å². The van der Waals surface area contributed by atoms with Crippen molar-refractivity contribution in [3.05, 3.63) is 42.5 Å². The van der Waals surface area contributed by atoms with Gasteiger partial charge in [-0.25, -0.2) is 0 Å². The summed E-state index contributed by atoms with van der Waals surface area (Å²) in [6.07, 6.45) is 11.4. The van der Waals surface area contributed by atoms with E-state index in [0.29, 0.717) is 0 Å². The van der Waals surface area contributed by atoms with Gasteiger partial charge in [0, 0.05) is 0 Å². The van der Waals surface area contributed by atoms with Gasteiger partial charge in [-0.05, 0) is 0 Å². The number of benzene rings is 1. The van der Waals surface area contributed by atoms with E-state index < -0.39 is 18.4 Å². The summed E-state index contributed by atoms with van der Waals surface area (Å²) < 4.78 is 6.47. The first kappa shape index (κ1) is 19.8. The van der Waals surface area contributed by atoms with Gasteiger partial charge in [0.1, 0.15) is 0 Å². The number of hydrogen-bond acceptors (Lipinski definition) is 0. The van der Waals surface area contributed by atoms with Gasteiger partial charge in [0.25, 0.3) is 0 Å². The normalized spacial score (nSPS) is 11.6. The Balaban J connectivity index is 3.03. The SMILES string of the molecule is C=CCc1cc[c]([Sn]([CH2]CCC)([CH2]CCC)[CH2]CCC)cc1. The molecule has 0 aliphatic heterocycles. The van der Waals surface area contributed by atoms with Gasteiger partial charge in [0.15, 0.2) is 0 Å². The molecule has 0 amide bonds. The van der Waals surface area contributed by atoms with Gasteiger partial charge >= 0.3 is 143 Å². The fraction of sp³-hybridized carbons (Fsp3) is 0.619. The van der Waals surface area contributed by atoms with E-state index in [0.717, 1.165) is 6.42 Å². The first-order chi connectivity index (χ1) is 10.7. The molecule has 0 aromatic heterocycles. The van der Waals surface area contributed by atoms with Gasteiger partial charge in [-0.15, -0.1) is 0 Å². The first-order valence-electron chi connectivity index (χ1n) is 9.42. The molecule has 0 spiro atoms. The van der Waals surface area contributed by atoms with E-state index in [-0.39, 0.29) is 0 Å². The van der Waals surface area contributed by atoms with Crippen molar-refractivity contribution in [2.75, 3.05) is 0 Å². The van der Waals surface area contributed by atoms with E-state index in [2.05, 4.69) is 51.6 Å². The molecule has 22 heavy (non-hydrogen) atoms. The van der Waals surface area contributed by atoms with Crippen LogP contribution in [0.4, 0.5) is 0 Å². The number of allylic oxidation sites excluding steroid dienone is 1. The van der Waals surface area contributed by atoms with Gasteiger partial charge in [-0.1, -0.05) is 0 Å². The van der Waals surface area contributed by atoms with E-state index in [9.17, 15) is 0 Å². The van der Waals surface area contributed by atoms with Crippen molar-refractivity contribution >= 4 is 22.0 Å². The Morgan fingerprint density at radius 1 is 0.818 bits per heavy atom. The zero-order valence-electron chi connectivity index (χ0n) is 15.2. The Bertz CT molecular complexity index is 383. The average molecular weight is 407 g/mol. The molecule has 1 heteroatoms. The number of rotatable bonds is 12. The van der Waals surface area contributed by atoms with Crippen LogP contribution in [-0.2, 0) is 6.42 Å².